The Labute approximate surface area is 129 Å². The maximum Gasteiger partial charge on any atom is 0.0766 e. The molecule has 0 radical (unpaired) electrons. The summed E-state index contributed by atoms with van der Waals surface area (Å²) in [7, 11) is 2.01. The first-order chi connectivity index (χ1) is 9.65. The zero-order valence-corrected chi connectivity index (χ0v) is 13.7. The van der Waals surface area contributed by atoms with Gasteiger partial charge in [0.05, 0.1) is 15.9 Å². The van der Waals surface area contributed by atoms with Crippen molar-refractivity contribution in [2.45, 2.75) is 26.2 Å². The van der Waals surface area contributed by atoms with Crippen LogP contribution in [0.1, 0.15) is 23.9 Å². The van der Waals surface area contributed by atoms with Gasteiger partial charge in [0, 0.05) is 7.05 Å². The summed E-state index contributed by atoms with van der Waals surface area (Å²) in [5.74, 6) is 0.439. The molecule has 0 aliphatic heterocycles. The van der Waals surface area contributed by atoms with E-state index in [1.807, 2.05) is 17.8 Å². The van der Waals surface area contributed by atoms with Gasteiger partial charge in [-0.25, -0.2) is 0 Å². The normalized spacial score (nSPS) is 12.6. The van der Waals surface area contributed by atoms with Crippen molar-refractivity contribution < 1.29 is 0 Å². The molecule has 0 bridgehead atoms. The highest BCUT2D eigenvalue weighted by Crippen LogP contribution is 2.25. The number of nitrogens with two attached hydrogens (primary N) is 1. The van der Waals surface area contributed by atoms with E-state index >= 15 is 0 Å². The van der Waals surface area contributed by atoms with Crippen LogP contribution >= 0.6 is 15.9 Å². The molecule has 108 valence electrons. The molecule has 0 fully saturated rings. The number of rotatable bonds is 6. The van der Waals surface area contributed by atoms with Crippen molar-refractivity contribution >= 4 is 15.9 Å². The van der Waals surface area contributed by atoms with Crippen LogP contribution in [0.2, 0.25) is 0 Å². The van der Waals surface area contributed by atoms with E-state index in [9.17, 15) is 0 Å². The Morgan fingerprint density at radius 1 is 1.25 bits per heavy atom. The lowest BCUT2D eigenvalue weighted by Gasteiger charge is -2.15. The molecule has 20 heavy (non-hydrogen) atoms. The first kappa shape index (κ1) is 15.3. The third kappa shape index (κ3) is 3.49. The molecule has 0 saturated heterocycles. The van der Waals surface area contributed by atoms with Crippen molar-refractivity contribution in [3.63, 3.8) is 0 Å². The van der Waals surface area contributed by atoms with Crippen LogP contribution < -0.4 is 5.73 Å². The third-order valence-corrected chi connectivity index (χ3v) is 4.60. The number of aryl methyl sites for hydroxylation is 2. The smallest absolute Gasteiger partial charge is 0.0766 e. The monoisotopic (exact) mass is 335 g/mol. The Hall–Kier alpha value is -1.13. The number of hydrogen-bond acceptors (Lipinski definition) is 2. The van der Waals surface area contributed by atoms with Gasteiger partial charge in [-0.2, -0.15) is 5.10 Å². The fraction of sp³-hybridized carbons (Fsp3) is 0.438. The van der Waals surface area contributed by atoms with E-state index in [4.69, 9.17) is 5.73 Å². The van der Waals surface area contributed by atoms with Gasteiger partial charge < -0.3 is 5.73 Å². The summed E-state index contributed by atoms with van der Waals surface area (Å²) in [4.78, 5) is 0. The zero-order chi connectivity index (χ0) is 14.5. The average Bonchev–Trinajstić information content (AvgIpc) is 2.74. The van der Waals surface area contributed by atoms with Gasteiger partial charge in [-0.3, -0.25) is 4.68 Å². The van der Waals surface area contributed by atoms with Crippen molar-refractivity contribution in [2.24, 2.45) is 18.7 Å². The Bertz CT molecular complexity index is 548. The first-order valence-corrected chi connectivity index (χ1v) is 7.89. The summed E-state index contributed by atoms with van der Waals surface area (Å²) in [6, 6.07) is 10.5. The molecular formula is C16H22BrN3. The van der Waals surface area contributed by atoms with E-state index in [2.05, 4.69) is 52.2 Å². The summed E-state index contributed by atoms with van der Waals surface area (Å²) < 4.78 is 3.13. The molecule has 4 heteroatoms. The van der Waals surface area contributed by atoms with Crippen LogP contribution in [0.4, 0.5) is 0 Å². The van der Waals surface area contributed by atoms with E-state index in [0.29, 0.717) is 12.5 Å². The standard InChI is InChI=1S/C16H22BrN3/c1-3-14-16(17)15(20(2)19-14)10-13(11-18)9-12-7-5-4-6-8-12/h4-8,13H,3,9-11,18H2,1-2H3. The fourth-order valence-electron chi connectivity index (χ4n) is 2.50. The van der Waals surface area contributed by atoms with Crippen molar-refractivity contribution in [1.82, 2.24) is 9.78 Å². The quantitative estimate of drug-likeness (QED) is 0.881. The molecule has 3 nitrogen and oxygen atoms in total. The largest absolute Gasteiger partial charge is 0.330 e. The second kappa shape index (κ2) is 7.04. The van der Waals surface area contributed by atoms with Crippen LogP contribution in [-0.2, 0) is 26.3 Å². The molecule has 1 atom stereocenters. The van der Waals surface area contributed by atoms with Crippen LogP contribution in [0.25, 0.3) is 0 Å². The Morgan fingerprint density at radius 2 is 1.95 bits per heavy atom. The van der Waals surface area contributed by atoms with E-state index < -0.39 is 0 Å². The number of aromatic nitrogens is 2. The van der Waals surface area contributed by atoms with Gasteiger partial charge in [-0.1, -0.05) is 37.3 Å². The average molecular weight is 336 g/mol. The lowest BCUT2D eigenvalue weighted by Crippen LogP contribution is -2.20. The highest BCUT2D eigenvalue weighted by molar-refractivity contribution is 9.10. The SMILES string of the molecule is CCc1nn(C)c(CC(CN)Cc2ccccc2)c1Br. The van der Waals surface area contributed by atoms with Crippen molar-refractivity contribution in [2.75, 3.05) is 6.54 Å². The minimum atomic E-state index is 0.439. The van der Waals surface area contributed by atoms with Gasteiger partial charge in [-0.15, -0.1) is 0 Å². The van der Waals surface area contributed by atoms with Crippen molar-refractivity contribution in [3.8, 4) is 0 Å². The zero-order valence-electron chi connectivity index (χ0n) is 12.1. The summed E-state index contributed by atoms with van der Waals surface area (Å²) in [6.07, 6.45) is 2.91. The second-order valence-electron chi connectivity index (χ2n) is 5.18. The van der Waals surface area contributed by atoms with Gasteiger partial charge in [0.1, 0.15) is 0 Å². The molecule has 0 spiro atoms. The highest BCUT2D eigenvalue weighted by Gasteiger charge is 2.17. The van der Waals surface area contributed by atoms with E-state index in [0.717, 1.165) is 29.4 Å². The molecular weight excluding hydrogens is 314 g/mol. The summed E-state index contributed by atoms with van der Waals surface area (Å²) in [6.45, 7) is 2.81. The predicted octanol–water partition coefficient (Wildman–Crippen LogP) is 3.11. The van der Waals surface area contributed by atoms with Crippen LogP contribution in [0, 0.1) is 5.92 Å². The van der Waals surface area contributed by atoms with Gasteiger partial charge in [0.15, 0.2) is 0 Å². The van der Waals surface area contributed by atoms with Crippen LogP contribution in [0.5, 0.6) is 0 Å². The van der Waals surface area contributed by atoms with Crippen molar-refractivity contribution in [3.05, 3.63) is 51.8 Å². The van der Waals surface area contributed by atoms with Crippen LogP contribution in [0.15, 0.2) is 34.8 Å². The Morgan fingerprint density at radius 3 is 2.50 bits per heavy atom. The molecule has 1 unspecified atom stereocenters. The molecule has 0 aliphatic rings. The Balaban J connectivity index is 2.12. The lowest BCUT2D eigenvalue weighted by atomic mass is 9.94. The van der Waals surface area contributed by atoms with Crippen LogP contribution in [-0.4, -0.2) is 16.3 Å². The molecule has 2 N–H and O–H groups in total. The summed E-state index contributed by atoms with van der Waals surface area (Å²) in [5, 5.41) is 4.55. The number of benzene rings is 1. The van der Waals surface area contributed by atoms with Crippen LogP contribution in [0.3, 0.4) is 0 Å². The Kier molecular flexibility index (Phi) is 5.38. The van der Waals surface area contributed by atoms with E-state index in [1.54, 1.807) is 0 Å². The minimum absolute atomic E-state index is 0.439. The predicted molar refractivity (Wildman–Crippen MR) is 86.7 cm³/mol. The third-order valence-electron chi connectivity index (χ3n) is 3.69. The molecule has 0 aliphatic carbocycles. The molecule has 1 heterocycles. The second-order valence-corrected chi connectivity index (χ2v) is 5.97. The van der Waals surface area contributed by atoms with E-state index in [-0.39, 0.29) is 0 Å². The van der Waals surface area contributed by atoms with E-state index in [1.165, 1.54) is 11.3 Å². The maximum absolute atomic E-state index is 5.96. The minimum Gasteiger partial charge on any atom is -0.330 e. The molecule has 1 aromatic carbocycles. The number of halogens is 1. The molecule has 0 amide bonds. The molecule has 2 rings (SSSR count). The first-order valence-electron chi connectivity index (χ1n) is 7.09. The summed E-state index contributed by atoms with van der Waals surface area (Å²) in [5.41, 5.74) is 9.67. The number of hydrogen-bond donors (Lipinski definition) is 1. The van der Waals surface area contributed by atoms with Gasteiger partial charge in [-0.05, 0) is 53.2 Å². The topological polar surface area (TPSA) is 43.8 Å². The molecule has 1 aromatic heterocycles. The fourth-order valence-corrected chi connectivity index (χ4v) is 3.28. The molecule has 2 aromatic rings. The lowest BCUT2D eigenvalue weighted by molar-refractivity contribution is 0.509. The van der Waals surface area contributed by atoms with Gasteiger partial charge in [0.25, 0.3) is 0 Å². The number of nitrogens with zero attached hydrogens (tertiary/aromatic N) is 2. The maximum atomic E-state index is 5.96. The van der Waals surface area contributed by atoms with Gasteiger partial charge in [0.2, 0.25) is 0 Å². The van der Waals surface area contributed by atoms with Gasteiger partial charge >= 0.3 is 0 Å². The summed E-state index contributed by atoms with van der Waals surface area (Å²) >= 11 is 3.68. The molecule has 0 saturated carbocycles. The van der Waals surface area contributed by atoms with Crippen molar-refractivity contribution in [1.29, 1.82) is 0 Å². The highest BCUT2D eigenvalue weighted by atomic mass is 79.9.